The lowest BCUT2D eigenvalue weighted by Crippen LogP contribution is -2.31. The first kappa shape index (κ1) is 14.6. The predicted octanol–water partition coefficient (Wildman–Crippen LogP) is -0.397. The van der Waals surface area contributed by atoms with Crippen molar-refractivity contribution in [3.8, 4) is 0 Å². The van der Waals surface area contributed by atoms with Crippen LogP contribution in [0, 0.1) is 0 Å². The fourth-order valence-electron chi connectivity index (χ4n) is 1.83. The molecule has 0 aliphatic rings. The lowest BCUT2D eigenvalue weighted by molar-refractivity contribution is 0.428. The van der Waals surface area contributed by atoms with Crippen LogP contribution in [0.2, 0.25) is 0 Å². The molecule has 2 aromatic rings. The molecule has 0 fully saturated rings. The van der Waals surface area contributed by atoms with Crippen molar-refractivity contribution < 1.29 is 8.42 Å². The van der Waals surface area contributed by atoms with Gasteiger partial charge < -0.3 is 5.32 Å². The van der Waals surface area contributed by atoms with Gasteiger partial charge in [-0.15, -0.1) is 5.10 Å². The fraction of sp³-hybridized carbons (Fsp3) is 0.600. The molecule has 2 heterocycles. The second-order valence-electron chi connectivity index (χ2n) is 4.28. The molecule has 0 spiro atoms. The van der Waals surface area contributed by atoms with E-state index in [1.54, 1.807) is 16.9 Å². The molecule has 110 valence electrons. The van der Waals surface area contributed by atoms with Gasteiger partial charge >= 0.3 is 0 Å². The Morgan fingerprint density at radius 2 is 2.20 bits per heavy atom. The summed E-state index contributed by atoms with van der Waals surface area (Å²) in [5.41, 5.74) is 0.557. The molecular weight excluding hydrogens is 282 g/mol. The summed E-state index contributed by atoms with van der Waals surface area (Å²) >= 11 is 0. The summed E-state index contributed by atoms with van der Waals surface area (Å²) in [6, 6.07) is 0. The third-order valence-electron chi connectivity index (χ3n) is 2.82. The number of fused-ring (bicyclic) bond motifs is 1. The van der Waals surface area contributed by atoms with Gasteiger partial charge in [-0.05, 0) is 16.8 Å². The molecule has 9 nitrogen and oxygen atoms in total. The molecular formula is C10H17N7O2S. The molecule has 0 unspecified atom stereocenters. The van der Waals surface area contributed by atoms with Crippen LogP contribution >= 0.6 is 0 Å². The van der Waals surface area contributed by atoms with Crippen molar-refractivity contribution in [2.24, 2.45) is 0 Å². The second kappa shape index (κ2) is 6.09. The van der Waals surface area contributed by atoms with Crippen molar-refractivity contribution in [2.75, 3.05) is 31.2 Å². The van der Waals surface area contributed by atoms with Gasteiger partial charge in [0.2, 0.25) is 10.0 Å². The van der Waals surface area contributed by atoms with Crippen molar-refractivity contribution in [2.45, 2.75) is 13.3 Å². The van der Waals surface area contributed by atoms with E-state index in [4.69, 9.17) is 0 Å². The molecule has 20 heavy (non-hydrogen) atoms. The van der Waals surface area contributed by atoms with Crippen LogP contribution < -0.4 is 5.32 Å². The van der Waals surface area contributed by atoms with Crippen molar-refractivity contribution >= 4 is 21.5 Å². The Morgan fingerprint density at radius 3 is 2.90 bits per heavy atom. The molecule has 0 bridgehead atoms. The van der Waals surface area contributed by atoms with E-state index in [2.05, 4.69) is 25.8 Å². The number of tetrazole rings is 1. The molecule has 0 aromatic carbocycles. The molecule has 0 aliphatic carbocycles. The van der Waals surface area contributed by atoms with Crippen LogP contribution in [0.4, 0.5) is 5.82 Å². The van der Waals surface area contributed by atoms with Crippen LogP contribution in [0.1, 0.15) is 13.3 Å². The van der Waals surface area contributed by atoms with E-state index < -0.39 is 10.0 Å². The average molecular weight is 299 g/mol. The summed E-state index contributed by atoms with van der Waals surface area (Å²) in [5.74, 6) is 0.676. The molecule has 0 amide bonds. The molecule has 0 atom stereocenters. The minimum Gasteiger partial charge on any atom is -0.369 e. The van der Waals surface area contributed by atoms with Crippen LogP contribution in [-0.2, 0) is 10.0 Å². The van der Waals surface area contributed by atoms with Crippen molar-refractivity contribution in [1.82, 2.24) is 29.3 Å². The lowest BCUT2D eigenvalue weighted by atomic mass is 10.4. The third-order valence-corrected chi connectivity index (χ3v) is 4.20. The van der Waals surface area contributed by atoms with Crippen molar-refractivity contribution in [3.05, 3.63) is 12.4 Å². The summed E-state index contributed by atoms with van der Waals surface area (Å²) in [5, 5.41) is 14.3. The zero-order valence-electron chi connectivity index (χ0n) is 11.4. The topological polar surface area (TPSA) is 105 Å². The Balaban J connectivity index is 1.89. The van der Waals surface area contributed by atoms with Crippen LogP contribution in [-0.4, -0.2) is 63.6 Å². The normalized spacial score (nSPS) is 12.2. The lowest BCUT2D eigenvalue weighted by Gasteiger charge is -2.17. The molecule has 10 heteroatoms. The van der Waals surface area contributed by atoms with Gasteiger partial charge in [0.25, 0.3) is 0 Å². The third kappa shape index (κ3) is 3.39. The smallest absolute Gasteiger partial charge is 0.211 e. The zero-order chi connectivity index (χ0) is 14.6. The first-order valence-electron chi connectivity index (χ1n) is 6.23. The summed E-state index contributed by atoms with van der Waals surface area (Å²) in [4.78, 5) is 4.02. The number of anilines is 1. The van der Waals surface area contributed by atoms with Crippen molar-refractivity contribution in [3.63, 3.8) is 0 Å². The van der Waals surface area contributed by atoms with Crippen LogP contribution in [0.5, 0.6) is 0 Å². The number of sulfonamides is 1. The maximum atomic E-state index is 11.4. The maximum absolute atomic E-state index is 11.4. The van der Waals surface area contributed by atoms with Gasteiger partial charge in [-0.3, -0.25) is 4.98 Å². The predicted molar refractivity (Wildman–Crippen MR) is 73.8 cm³/mol. The van der Waals surface area contributed by atoms with E-state index in [1.807, 2.05) is 6.92 Å². The summed E-state index contributed by atoms with van der Waals surface area (Å²) < 4.78 is 25.8. The number of nitrogens with one attached hydrogen (secondary N) is 1. The Bertz CT molecular complexity index is 669. The Kier molecular flexibility index (Phi) is 4.45. The highest BCUT2D eigenvalue weighted by Crippen LogP contribution is 2.06. The van der Waals surface area contributed by atoms with E-state index in [-0.39, 0.29) is 0 Å². The standard InChI is InChI=1S/C10H17N7O2S/c1-3-16(20(2,18)19)6-4-5-12-9-7-11-8-10-13-14-15-17(9)10/h7-8,12H,3-6H2,1-2H3. The molecule has 1 N–H and O–H groups in total. The number of rotatable bonds is 7. The first-order chi connectivity index (χ1) is 9.52. The van der Waals surface area contributed by atoms with E-state index in [0.29, 0.717) is 37.5 Å². The van der Waals surface area contributed by atoms with Gasteiger partial charge in [-0.1, -0.05) is 6.92 Å². The van der Waals surface area contributed by atoms with Crippen LogP contribution in [0.3, 0.4) is 0 Å². The highest BCUT2D eigenvalue weighted by molar-refractivity contribution is 7.88. The highest BCUT2D eigenvalue weighted by atomic mass is 32.2. The SMILES string of the molecule is CCN(CCCNc1cncc2nnnn12)S(C)(=O)=O. The quantitative estimate of drug-likeness (QED) is 0.694. The van der Waals surface area contributed by atoms with E-state index in [1.165, 1.54) is 10.6 Å². The Hall–Kier alpha value is -1.81. The van der Waals surface area contributed by atoms with Gasteiger partial charge in [-0.25, -0.2) is 12.7 Å². The molecule has 2 aromatic heterocycles. The van der Waals surface area contributed by atoms with Gasteiger partial charge in [-0.2, -0.15) is 4.52 Å². The van der Waals surface area contributed by atoms with E-state index in [9.17, 15) is 8.42 Å². The Morgan fingerprint density at radius 1 is 1.40 bits per heavy atom. The van der Waals surface area contributed by atoms with Gasteiger partial charge in [0.15, 0.2) is 5.65 Å². The zero-order valence-corrected chi connectivity index (χ0v) is 12.2. The minimum atomic E-state index is -3.13. The largest absolute Gasteiger partial charge is 0.369 e. The maximum Gasteiger partial charge on any atom is 0.211 e. The summed E-state index contributed by atoms with van der Waals surface area (Å²) in [6.07, 6.45) is 5.08. The fourth-order valence-corrected chi connectivity index (χ4v) is 2.76. The van der Waals surface area contributed by atoms with E-state index in [0.717, 1.165) is 0 Å². The monoisotopic (exact) mass is 299 g/mol. The molecule has 0 saturated heterocycles. The number of hydrogen-bond donors (Lipinski definition) is 1. The van der Waals surface area contributed by atoms with Gasteiger partial charge in [0.05, 0.1) is 18.6 Å². The second-order valence-corrected chi connectivity index (χ2v) is 6.26. The molecule has 0 saturated carbocycles. The molecule has 2 rings (SSSR count). The van der Waals surface area contributed by atoms with Crippen molar-refractivity contribution in [1.29, 1.82) is 0 Å². The van der Waals surface area contributed by atoms with Crippen LogP contribution in [0.25, 0.3) is 5.65 Å². The molecule has 0 aliphatic heterocycles. The van der Waals surface area contributed by atoms with Gasteiger partial charge in [0.1, 0.15) is 5.82 Å². The Labute approximate surface area is 117 Å². The minimum absolute atomic E-state index is 0.474. The molecule has 0 radical (unpaired) electrons. The first-order valence-corrected chi connectivity index (χ1v) is 8.08. The summed E-state index contributed by atoms with van der Waals surface area (Å²) in [6.45, 7) is 3.37. The highest BCUT2D eigenvalue weighted by Gasteiger charge is 2.13. The number of nitrogens with zero attached hydrogens (tertiary/aromatic N) is 6. The van der Waals surface area contributed by atoms with E-state index >= 15 is 0 Å². The van der Waals surface area contributed by atoms with Gasteiger partial charge in [0, 0.05) is 19.6 Å². The average Bonchev–Trinajstić information content (AvgIpc) is 2.86. The van der Waals surface area contributed by atoms with Crippen LogP contribution in [0.15, 0.2) is 12.4 Å². The number of aromatic nitrogens is 5. The summed E-state index contributed by atoms with van der Waals surface area (Å²) in [7, 11) is -3.13. The number of hydrogen-bond acceptors (Lipinski definition) is 7.